The summed E-state index contributed by atoms with van der Waals surface area (Å²) in [5, 5.41) is -0.349. The van der Waals surface area contributed by atoms with Crippen LogP contribution in [-0.4, -0.2) is 0 Å². The topological polar surface area (TPSA) is 63.2 Å². The molecule has 0 aromatic heterocycles. The summed E-state index contributed by atoms with van der Waals surface area (Å²) in [5.41, 5.74) is 0.696. The van der Waals surface area contributed by atoms with E-state index in [4.69, 9.17) is 11.6 Å². The number of hydrogen-bond donors (Lipinski definition) is 0. The molecule has 13 heavy (non-hydrogen) atoms. The molecule has 0 saturated heterocycles. The van der Waals surface area contributed by atoms with Gasteiger partial charge in [0.1, 0.15) is 0 Å². The van der Waals surface area contributed by atoms with Crippen LogP contribution in [0.25, 0.3) is 0 Å². The predicted molar refractivity (Wildman–Crippen MR) is 43.4 cm³/mol. The Balaban J connectivity index is 0.00000144. The van der Waals surface area contributed by atoms with Crippen LogP contribution >= 0.6 is 19.2 Å². The van der Waals surface area contributed by atoms with E-state index in [0.29, 0.717) is 5.56 Å². The van der Waals surface area contributed by atoms with E-state index in [1.165, 1.54) is 12.1 Å². The molecule has 0 spiro atoms. The van der Waals surface area contributed by atoms with E-state index in [2.05, 4.69) is 0 Å². The minimum atomic E-state index is -4.71. The zero-order valence-corrected chi connectivity index (χ0v) is 9.18. The van der Waals surface area contributed by atoms with Gasteiger partial charge in [0.2, 0.25) is 0 Å². The zero-order chi connectivity index (χ0) is 9.35. The Bertz CT molecular complexity index is 350. The van der Waals surface area contributed by atoms with Gasteiger partial charge in [-0.15, -0.1) is 0 Å². The third-order valence-corrected chi connectivity index (χ3v) is 2.82. The van der Waals surface area contributed by atoms with Crippen molar-refractivity contribution in [3.8, 4) is 0 Å². The van der Waals surface area contributed by atoms with Gasteiger partial charge in [0.05, 0.1) is 0 Å². The molecule has 0 saturated carbocycles. The van der Waals surface area contributed by atoms with Crippen LogP contribution in [0.1, 0.15) is 5.56 Å². The normalized spacial score (nSPS) is 10.8. The fourth-order valence-electron chi connectivity index (χ4n) is 0.833. The second-order valence-electron chi connectivity index (χ2n) is 2.45. The van der Waals surface area contributed by atoms with Crippen LogP contribution in [0.4, 0.5) is 0 Å². The molecule has 0 amide bonds. The van der Waals surface area contributed by atoms with Gasteiger partial charge < -0.3 is 14.4 Å². The molecule has 0 atom stereocenters. The van der Waals surface area contributed by atoms with Crippen LogP contribution in [0, 0.1) is 6.92 Å². The van der Waals surface area contributed by atoms with Gasteiger partial charge >= 0.3 is 17.1 Å². The van der Waals surface area contributed by atoms with Crippen LogP contribution in [0.5, 0.6) is 0 Å². The summed E-state index contributed by atoms with van der Waals surface area (Å²) in [7, 11) is -4.71. The molecule has 3 nitrogen and oxygen atoms in total. The standard InChI is InChI=1S/C7H8ClO3P.Cu/c1-5-2-3-6(8)7(4-5)12(9,10)11;/h2-4H,1H3,(H2,9,10,11);/q;+2/p-2. The summed E-state index contributed by atoms with van der Waals surface area (Å²) in [5.74, 6) is 0. The molecule has 1 rings (SSSR count). The fraction of sp³-hybridized carbons (Fsp3) is 0.143. The molecule has 0 aliphatic heterocycles. The van der Waals surface area contributed by atoms with Crippen molar-refractivity contribution < 1.29 is 31.4 Å². The molecule has 1 radical (unpaired) electrons. The van der Waals surface area contributed by atoms with Crippen LogP contribution in [0.15, 0.2) is 18.2 Å². The van der Waals surface area contributed by atoms with Gasteiger partial charge in [-0.3, -0.25) is 0 Å². The molecule has 0 unspecified atom stereocenters. The number of hydrogen-bond acceptors (Lipinski definition) is 3. The largest absolute Gasteiger partial charge is 2.00 e. The van der Waals surface area contributed by atoms with Crippen molar-refractivity contribution in [2.45, 2.75) is 6.92 Å². The molecule has 6 heteroatoms. The molecule has 0 N–H and O–H groups in total. The predicted octanol–water partition coefficient (Wildman–Crippen LogP) is 0.185. The zero-order valence-electron chi connectivity index (χ0n) is 6.58. The smallest absolute Gasteiger partial charge is 0.807 e. The van der Waals surface area contributed by atoms with Gasteiger partial charge in [0.15, 0.2) is 0 Å². The maximum atomic E-state index is 10.6. The Morgan fingerprint density at radius 1 is 1.38 bits per heavy atom. The monoisotopic (exact) mass is 267 g/mol. The molecular formula is C7H6ClCuO3P. The molecule has 0 aliphatic carbocycles. The van der Waals surface area contributed by atoms with Gasteiger partial charge in [-0.25, -0.2) is 0 Å². The minimum Gasteiger partial charge on any atom is -0.807 e. The maximum Gasteiger partial charge on any atom is 2.00 e. The molecule has 0 heterocycles. The van der Waals surface area contributed by atoms with Crippen molar-refractivity contribution in [1.82, 2.24) is 0 Å². The summed E-state index contributed by atoms with van der Waals surface area (Å²) >= 11 is 5.51. The molecule has 1 aromatic carbocycles. The number of rotatable bonds is 1. The molecule has 0 fully saturated rings. The third-order valence-electron chi connectivity index (χ3n) is 1.40. The molecule has 75 valence electrons. The molecule has 0 aliphatic rings. The molecule has 1 aromatic rings. The summed E-state index contributed by atoms with van der Waals surface area (Å²) in [4.78, 5) is 21.2. The fourth-order valence-corrected chi connectivity index (χ4v) is 1.96. The summed E-state index contributed by atoms with van der Waals surface area (Å²) in [6, 6.07) is 4.30. The van der Waals surface area contributed by atoms with Crippen LogP contribution in [-0.2, 0) is 21.6 Å². The average Bonchev–Trinajstić information content (AvgIpc) is 1.92. The van der Waals surface area contributed by atoms with Crippen molar-refractivity contribution in [1.29, 1.82) is 0 Å². The van der Waals surface area contributed by atoms with Crippen LogP contribution in [0.2, 0.25) is 5.02 Å². The quantitative estimate of drug-likeness (QED) is 0.539. The first kappa shape index (κ1) is 13.2. The molecule has 0 bridgehead atoms. The Morgan fingerprint density at radius 2 is 1.92 bits per heavy atom. The van der Waals surface area contributed by atoms with Gasteiger partial charge in [-0.1, -0.05) is 23.2 Å². The number of aryl methyl sites for hydroxylation is 1. The van der Waals surface area contributed by atoms with Crippen molar-refractivity contribution >= 4 is 24.5 Å². The summed E-state index contributed by atoms with van der Waals surface area (Å²) in [6.45, 7) is 1.69. The molecular weight excluding hydrogens is 262 g/mol. The SMILES string of the molecule is Cc1ccc(Cl)c(P(=O)([O-])[O-])c1.[Cu+2]. The van der Waals surface area contributed by atoms with Crippen LogP contribution < -0.4 is 15.1 Å². The van der Waals surface area contributed by atoms with E-state index in [9.17, 15) is 14.4 Å². The second-order valence-corrected chi connectivity index (χ2v) is 4.34. The third kappa shape index (κ3) is 3.43. The van der Waals surface area contributed by atoms with Crippen molar-refractivity contribution in [3.05, 3.63) is 28.8 Å². The number of benzene rings is 1. The first-order valence-electron chi connectivity index (χ1n) is 3.20. The number of halogens is 1. The van der Waals surface area contributed by atoms with E-state index >= 15 is 0 Å². The van der Waals surface area contributed by atoms with E-state index in [0.717, 1.165) is 0 Å². The van der Waals surface area contributed by atoms with Gasteiger partial charge in [0, 0.05) is 10.3 Å². The van der Waals surface area contributed by atoms with Crippen molar-refractivity contribution in [2.75, 3.05) is 0 Å². The maximum absolute atomic E-state index is 10.6. The van der Waals surface area contributed by atoms with E-state index in [1.807, 2.05) is 0 Å². The Labute approximate surface area is 91.7 Å². The van der Waals surface area contributed by atoms with E-state index in [1.54, 1.807) is 13.0 Å². The first-order valence-corrected chi connectivity index (χ1v) is 5.12. The summed E-state index contributed by atoms with van der Waals surface area (Å²) < 4.78 is 10.6. The van der Waals surface area contributed by atoms with Gasteiger partial charge in [-0.05, 0) is 26.7 Å². The Hall–Kier alpha value is 0.179. The first-order chi connectivity index (χ1) is 5.41. The minimum absolute atomic E-state index is 0. The Kier molecular flexibility index (Phi) is 4.67. The van der Waals surface area contributed by atoms with Crippen molar-refractivity contribution in [3.63, 3.8) is 0 Å². The van der Waals surface area contributed by atoms with E-state index in [-0.39, 0.29) is 27.4 Å². The van der Waals surface area contributed by atoms with Gasteiger partial charge in [0.25, 0.3) is 0 Å². The van der Waals surface area contributed by atoms with Crippen molar-refractivity contribution in [2.24, 2.45) is 0 Å². The van der Waals surface area contributed by atoms with Crippen LogP contribution in [0.3, 0.4) is 0 Å². The second kappa shape index (κ2) is 4.61. The van der Waals surface area contributed by atoms with Gasteiger partial charge in [-0.2, -0.15) is 0 Å². The average molecular weight is 268 g/mol. The Morgan fingerprint density at radius 3 is 2.31 bits per heavy atom. The summed E-state index contributed by atoms with van der Waals surface area (Å²) in [6.07, 6.45) is 0. The van der Waals surface area contributed by atoms with E-state index < -0.39 is 7.60 Å².